The Morgan fingerprint density at radius 1 is 0.490 bits per heavy atom. The van der Waals surface area contributed by atoms with Crippen LogP contribution in [0.25, 0.3) is 55.3 Å². The molecule has 0 amide bonds. The molecule has 8 aromatic rings. The predicted octanol–water partition coefficient (Wildman–Crippen LogP) is 12.7. The first-order valence-electron chi connectivity index (χ1n) is 17.3. The number of para-hydroxylation sites is 2. The summed E-state index contributed by atoms with van der Waals surface area (Å²) in [6.45, 7) is 0. The third-order valence-corrected chi connectivity index (χ3v) is 11.0. The number of aromatic nitrogens is 1. The van der Waals surface area contributed by atoms with E-state index in [1.54, 1.807) is 11.8 Å². The highest BCUT2D eigenvalue weighted by Gasteiger charge is 2.25. The molecule has 0 bridgehead atoms. The van der Waals surface area contributed by atoms with Crippen LogP contribution < -0.4 is 5.32 Å². The average Bonchev–Trinajstić information content (AvgIpc) is 3.21. The van der Waals surface area contributed by atoms with Gasteiger partial charge in [0.1, 0.15) is 5.03 Å². The minimum absolute atomic E-state index is 0.0490. The lowest BCUT2D eigenvalue weighted by molar-refractivity contribution is 1.01. The molecule has 4 heteroatoms. The normalized spacial score (nSPS) is 14.3. The van der Waals surface area contributed by atoms with Gasteiger partial charge in [0.25, 0.3) is 0 Å². The molecule has 0 aliphatic carbocycles. The van der Waals surface area contributed by atoms with E-state index >= 15 is 0 Å². The van der Waals surface area contributed by atoms with E-state index in [4.69, 9.17) is 9.98 Å². The highest BCUT2D eigenvalue weighted by atomic mass is 32.2. The molecule has 7 aromatic carbocycles. The fourth-order valence-corrected chi connectivity index (χ4v) is 8.58. The molecule has 1 unspecified atom stereocenters. The summed E-state index contributed by atoms with van der Waals surface area (Å²) >= 11 is 1.77. The Bertz CT molecular complexity index is 2660. The summed E-state index contributed by atoms with van der Waals surface area (Å²) in [6, 6.07) is 60.8. The number of nitrogens with one attached hydrogen (secondary N) is 1. The first-order valence-corrected chi connectivity index (χ1v) is 18.1. The lowest BCUT2D eigenvalue weighted by Crippen LogP contribution is -2.24. The van der Waals surface area contributed by atoms with E-state index in [-0.39, 0.29) is 6.04 Å². The molecule has 0 saturated carbocycles. The van der Waals surface area contributed by atoms with Gasteiger partial charge in [-0.3, -0.25) is 0 Å². The van der Waals surface area contributed by atoms with Crippen LogP contribution in [0.1, 0.15) is 17.2 Å². The van der Waals surface area contributed by atoms with Crippen molar-refractivity contribution >= 4 is 39.6 Å². The Morgan fingerprint density at radius 3 is 1.86 bits per heavy atom. The molecule has 1 atom stereocenters. The molecular formula is C47H31N3S. The van der Waals surface area contributed by atoms with Gasteiger partial charge in [0.15, 0.2) is 0 Å². The van der Waals surface area contributed by atoms with Crippen molar-refractivity contribution in [2.75, 3.05) is 5.32 Å². The van der Waals surface area contributed by atoms with Crippen LogP contribution in [0.15, 0.2) is 191 Å². The maximum atomic E-state index is 5.21. The zero-order chi connectivity index (χ0) is 33.7. The molecule has 0 saturated heterocycles. The van der Waals surface area contributed by atoms with Crippen molar-refractivity contribution in [3.63, 3.8) is 0 Å². The second-order valence-corrected chi connectivity index (χ2v) is 14.1. The van der Waals surface area contributed by atoms with Crippen molar-refractivity contribution in [2.45, 2.75) is 16.0 Å². The van der Waals surface area contributed by atoms with Crippen LogP contribution in [0, 0.1) is 0 Å². The van der Waals surface area contributed by atoms with E-state index < -0.39 is 0 Å². The zero-order valence-corrected chi connectivity index (χ0v) is 28.4. The first-order chi connectivity index (χ1) is 25.2. The van der Waals surface area contributed by atoms with Crippen molar-refractivity contribution < 1.29 is 0 Å². The standard InChI is InChI=1S/C47H31N3S/c1-2-10-31(11-3-1)45-46(50-42-21-5-4-20-41(42)49-45)38-18-8-17-36(28-38)34-15-6-13-32(26-34)33-14-7-16-35(27-33)37-22-23-39-40-19-9-12-30-24-25-48-47(44(30)40)51-43(39)29-37/h1-29,45,49H. The van der Waals surface area contributed by atoms with Crippen molar-refractivity contribution in [3.05, 3.63) is 187 Å². The number of nitrogens with zero attached hydrogens (tertiary/aromatic N) is 2. The van der Waals surface area contributed by atoms with Crippen molar-refractivity contribution in [1.82, 2.24) is 4.98 Å². The van der Waals surface area contributed by atoms with E-state index in [1.165, 1.54) is 60.2 Å². The number of benzene rings is 7. The Hall–Kier alpha value is -6.23. The maximum absolute atomic E-state index is 5.21. The quantitative estimate of drug-likeness (QED) is 0.198. The van der Waals surface area contributed by atoms with Crippen molar-refractivity contribution in [2.24, 2.45) is 4.99 Å². The summed E-state index contributed by atoms with van der Waals surface area (Å²) in [4.78, 5) is 11.2. The van der Waals surface area contributed by atoms with Crippen molar-refractivity contribution in [1.29, 1.82) is 0 Å². The molecular weight excluding hydrogens is 639 g/mol. The Labute approximate surface area is 301 Å². The van der Waals surface area contributed by atoms with Gasteiger partial charge in [-0.15, -0.1) is 0 Å². The van der Waals surface area contributed by atoms with Gasteiger partial charge in [-0.2, -0.15) is 0 Å². The van der Waals surface area contributed by atoms with E-state index in [0.717, 1.165) is 33.2 Å². The monoisotopic (exact) mass is 669 g/mol. The average molecular weight is 670 g/mol. The van der Waals surface area contributed by atoms with Gasteiger partial charge in [0.05, 0.1) is 23.1 Å². The Morgan fingerprint density at radius 2 is 1.12 bits per heavy atom. The van der Waals surface area contributed by atoms with Crippen LogP contribution in [0.2, 0.25) is 0 Å². The predicted molar refractivity (Wildman–Crippen MR) is 213 cm³/mol. The lowest BCUT2D eigenvalue weighted by atomic mass is 9.91. The second kappa shape index (κ2) is 12.3. The SMILES string of the molecule is c1ccc(C2Nc3ccccc3N=C2c2cccc(-c3cccc(-c4cccc(-c5ccc6c(c5)Sc5nccc7cccc-6c57)c4)c3)c2)cc1. The number of rotatable bonds is 5. The Balaban J connectivity index is 0.985. The van der Waals surface area contributed by atoms with Gasteiger partial charge in [-0.1, -0.05) is 139 Å². The first kappa shape index (κ1) is 29.7. The zero-order valence-electron chi connectivity index (χ0n) is 27.6. The number of anilines is 1. The topological polar surface area (TPSA) is 37.3 Å². The summed E-state index contributed by atoms with van der Waals surface area (Å²) < 4.78 is 0. The van der Waals surface area contributed by atoms with Gasteiger partial charge >= 0.3 is 0 Å². The summed E-state index contributed by atoms with van der Waals surface area (Å²) in [5.74, 6) is 0. The number of fused-ring (bicyclic) bond motifs is 3. The minimum Gasteiger partial charge on any atom is -0.371 e. The molecule has 1 N–H and O–H groups in total. The molecule has 0 radical (unpaired) electrons. The van der Waals surface area contributed by atoms with Gasteiger partial charge in [-0.05, 0) is 103 Å². The molecule has 10 rings (SSSR count). The summed E-state index contributed by atoms with van der Waals surface area (Å²) in [6.07, 6.45) is 1.92. The molecule has 240 valence electrons. The largest absolute Gasteiger partial charge is 0.371 e. The molecule has 51 heavy (non-hydrogen) atoms. The molecule has 0 spiro atoms. The molecule has 0 fully saturated rings. The van der Waals surface area contributed by atoms with Crippen LogP contribution >= 0.6 is 11.8 Å². The maximum Gasteiger partial charge on any atom is 0.109 e. The van der Waals surface area contributed by atoms with Crippen LogP contribution in [-0.2, 0) is 0 Å². The summed E-state index contributed by atoms with van der Waals surface area (Å²) in [7, 11) is 0. The highest BCUT2D eigenvalue weighted by Crippen LogP contribution is 2.48. The number of pyridine rings is 1. The summed E-state index contributed by atoms with van der Waals surface area (Å²) in [5.41, 5.74) is 15.0. The molecule has 2 aliphatic rings. The highest BCUT2D eigenvalue weighted by molar-refractivity contribution is 7.99. The molecule has 3 heterocycles. The van der Waals surface area contributed by atoms with E-state index in [0.29, 0.717) is 0 Å². The molecule has 1 aromatic heterocycles. The van der Waals surface area contributed by atoms with E-state index in [9.17, 15) is 0 Å². The van der Waals surface area contributed by atoms with E-state index in [2.05, 4.69) is 169 Å². The van der Waals surface area contributed by atoms with Gasteiger partial charge < -0.3 is 5.32 Å². The molecule has 2 aliphatic heterocycles. The third kappa shape index (κ3) is 5.32. The minimum atomic E-state index is -0.0490. The second-order valence-electron chi connectivity index (χ2n) is 13.1. The van der Waals surface area contributed by atoms with Crippen LogP contribution in [0.5, 0.6) is 0 Å². The van der Waals surface area contributed by atoms with Crippen LogP contribution in [-0.4, -0.2) is 10.7 Å². The third-order valence-electron chi connectivity index (χ3n) is 9.97. The van der Waals surface area contributed by atoms with Gasteiger partial charge in [0, 0.05) is 16.5 Å². The number of aliphatic imine (C=N–C) groups is 1. The van der Waals surface area contributed by atoms with Crippen LogP contribution in [0.3, 0.4) is 0 Å². The number of hydrogen-bond donors (Lipinski definition) is 1. The fraction of sp³-hybridized carbons (Fsp3) is 0.0213. The summed E-state index contributed by atoms with van der Waals surface area (Å²) in [5, 5.41) is 7.33. The Kier molecular flexibility index (Phi) is 7.14. The fourth-order valence-electron chi connectivity index (χ4n) is 7.46. The molecule has 3 nitrogen and oxygen atoms in total. The lowest BCUT2D eigenvalue weighted by Gasteiger charge is -2.28. The van der Waals surface area contributed by atoms with Crippen molar-refractivity contribution in [3.8, 4) is 44.5 Å². The van der Waals surface area contributed by atoms with Crippen LogP contribution in [0.4, 0.5) is 11.4 Å². The smallest absolute Gasteiger partial charge is 0.109 e. The number of hydrogen-bond acceptors (Lipinski definition) is 4. The van der Waals surface area contributed by atoms with E-state index in [1.807, 2.05) is 12.3 Å². The van der Waals surface area contributed by atoms with Gasteiger partial charge in [0.2, 0.25) is 0 Å². The van der Waals surface area contributed by atoms with Gasteiger partial charge in [-0.25, -0.2) is 9.98 Å².